The van der Waals surface area contributed by atoms with Crippen molar-refractivity contribution in [2.45, 2.75) is 19.3 Å². The van der Waals surface area contributed by atoms with Crippen molar-refractivity contribution < 1.29 is 0 Å². The van der Waals surface area contributed by atoms with Crippen molar-refractivity contribution in [3.05, 3.63) is 151 Å². The Balaban J connectivity index is 1.19. The molecule has 0 saturated heterocycles. The normalized spacial score (nSPS) is 13.1. The second-order valence-electron chi connectivity index (χ2n) is 11.8. The Hall–Kier alpha value is -5.41. The number of aromatic nitrogens is 3. The zero-order valence-corrected chi connectivity index (χ0v) is 24.1. The van der Waals surface area contributed by atoms with Crippen LogP contribution in [0.15, 0.2) is 140 Å². The maximum atomic E-state index is 4.93. The third kappa shape index (κ3) is 4.33. The van der Waals surface area contributed by atoms with Gasteiger partial charge in [0.2, 0.25) is 0 Å². The molecular weight excluding hydrogens is 522 g/mol. The Bertz CT molecular complexity index is 2090. The molecule has 0 spiro atoms. The van der Waals surface area contributed by atoms with Crippen molar-refractivity contribution in [1.29, 1.82) is 0 Å². The maximum Gasteiger partial charge on any atom is 0.0900 e. The van der Waals surface area contributed by atoms with E-state index in [0.717, 1.165) is 33.9 Å². The van der Waals surface area contributed by atoms with Gasteiger partial charge in [0, 0.05) is 17.8 Å². The molecule has 3 heteroatoms. The molecule has 0 N–H and O–H groups in total. The summed E-state index contributed by atoms with van der Waals surface area (Å²) in [7, 11) is 0. The van der Waals surface area contributed by atoms with Gasteiger partial charge in [-0.25, -0.2) is 4.98 Å². The van der Waals surface area contributed by atoms with Gasteiger partial charge in [-0.05, 0) is 110 Å². The molecular formula is C40H29N3. The summed E-state index contributed by atoms with van der Waals surface area (Å²) < 4.78 is 0. The summed E-state index contributed by atoms with van der Waals surface area (Å²) in [5, 5.41) is 2.42. The molecule has 0 saturated carbocycles. The molecule has 7 aromatic rings. The smallest absolute Gasteiger partial charge is 0.0900 e. The second kappa shape index (κ2) is 9.85. The minimum atomic E-state index is -0.0134. The van der Waals surface area contributed by atoms with Crippen LogP contribution >= 0.6 is 0 Å². The first-order valence-electron chi connectivity index (χ1n) is 14.7. The molecule has 3 heterocycles. The topological polar surface area (TPSA) is 38.7 Å². The van der Waals surface area contributed by atoms with Gasteiger partial charge in [-0.3, -0.25) is 9.97 Å². The lowest BCUT2D eigenvalue weighted by atomic mass is 9.81. The molecule has 204 valence electrons. The average molecular weight is 552 g/mol. The molecule has 0 aliphatic heterocycles. The summed E-state index contributed by atoms with van der Waals surface area (Å²) in [6, 6.07) is 45.3. The van der Waals surface area contributed by atoms with Crippen LogP contribution < -0.4 is 0 Å². The number of hydrogen-bond donors (Lipinski definition) is 0. The van der Waals surface area contributed by atoms with Gasteiger partial charge in [0.25, 0.3) is 0 Å². The second-order valence-corrected chi connectivity index (χ2v) is 11.8. The van der Waals surface area contributed by atoms with Crippen molar-refractivity contribution in [1.82, 2.24) is 15.0 Å². The molecule has 8 rings (SSSR count). The van der Waals surface area contributed by atoms with Crippen molar-refractivity contribution in [2.24, 2.45) is 0 Å². The predicted molar refractivity (Wildman–Crippen MR) is 177 cm³/mol. The lowest BCUT2D eigenvalue weighted by molar-refractivity contribution is 0.660. The Labute approximate surface area is 251 Å². The Morgan fingerprint density at radius 3 is 1.58 bits per heavy atom. The fourth-order valence-electron chi connectivity index (χ4n) is 6.48. The van der Waals surface area contributed by atoms with Crippen molar-refractivity contribution >= 4 is 10.8 Å². The molecule has 1 aliphatic rings. The summed E-state index contributed by atoms with van der Waals surface area (Å²) in [5.41, 5.74) is 13.5. The number of rotatable bonds is 4. The molecule has 43 heavy (non-hydrogen) atoms. The van der Waals surface area contributed by atoms with Crippen LogP contribution in [-0.2, 0) is 5.41 Å². The SMILES string of the molecule is CC1(C)c2ccccc2-c2ccc(-c3ccc4cc(-c5cc(-c6ccccn6)nc(-c6ccccn6)c5)ccc4c3)cc21. The molecule has 4 aromatic carbocycles. The summed E-state index contributed by atoms with van der Waals surface area (Å²) in [6.07, 6.45) is 3.61. The van der Waals surface area contributed by atoms with E-state index in [1.165, 1.54) is 44.2 Å². The Morgan fingerprint density at radius 1 is 0.419 bits per heavy atom. The van der Waals surface area contributed by atoms with E-state index < -0.39 is 0 Å². The van der Waals surface area contributed by atoms with E-state index in [2.05, 4.69) is 115 Å². The van der Waals surface area contributed by atoms with Crippen LogP contribution in [-0.4, -0.2) is 15.0 Å². The highest BCUT2D eigenvalue weighted by Crippen LogP contribution is 2.49. The minimum Gasteiger partial charge on any atom is -0.255 e. The Kier molecular flexibility index (Phi) is 5.80. The van der Waals surface area contributed by atoms with Crippen LogP contribution in [0.2, 0.25) is 0 Å². The minimum absolute atomic E-state index is 0.0134. The van der Waals surface area contributed by atoms with Gasteiger partial charge in [-0.1, -0.05) is 86.6 Å². The maximum absolute atomic E-state index is 4.93. The lowest BCUT2D eigenvalue weighted by Gasteiger charge is -2.22. The molecule has 0 atom stereocenters. The predicted octanol–water partition coefficient (Wildman–Crippen LogP) is 10.00. The van der Waals surface area contributed by atoms with Gasteiger partial charge < -0.3 is 0 Å². The van der Waals surface area contributed by atoms with E-state index >= 15 is 0 Å². The molecule has 0 amide bonds. The van der Waals surface area contributed by atoms with Gasteiger partial charge in [0.05, 0.1) is 22.8 Å². The first-order chi connectivity index (χ1) is 21.0. The third-order valence-corrected chi connectivity index (χ3v) is 8.77. The number of benzene rings is 4. The lowest BCUT2D eigenvalue weighted by Crippen LogP contribution is -2.14. The van der Waals surface area contributed by atoms with E-state index in [1.54, 1.807) is 12.4 Å². The molecule has 3 nitrogen and oxygen atoms in total. The van der Waals surface area contributed by atoms with Gasteiger partial charge in [0.1, 0.15) is 0 Å². The van der Waals surface area contributed by atoms with E-state index in [4.69, 9.17) is 4.98 Å². The number of hydrogen-bond acceptors (Lipinski definition) is 3. The molecule has 0 radical (unpaired) electrons. The quantitative estimate of drug-likeness (QED) is 0.218. The van der Waals surface area contributed by atoms with E-state index in [1.807, 2.05) is 36.4 Å². The zero-order valence-electron chi connectivity index (χ0n) is 24.1. The first kappa shape index (κ1) is 25.3. The van der Waals surface area contributed by atoms with E-state index in [0.29, 0.717) is 0 Å². The van der Waals surface area contributed by atoms with Crippen molar-refractivity contribution in [2.75, 3.05) is 0 Å². The van der Waals surface area contributed by atoms with Crippen LogP contribution in [0, 0.1) is 0 Å². The molecule has 0 unspecified atom stereocenters. The Morgan fingerprint density at radius 2 is 0.953 bits per heavy atom. The van der Waals surface area contributed by atoms with Crippen LogP contribution in [0.5, 0.6) is 0 Å². The number of fused-ring (bicyclic) bond motifs is 4. The number of pyridine rings is 3. The summed E-state index contributed by atoms with van der Waals surface area (Å²) in [5.74, 6) is 0. The molecule has 1 aliphatic carbocycles. The van der Waals surface area contributed by atoms with Crippen LogP contribution in [0.1, 0.15) is 25.0 Å². The van der Waals surface area contributed by atoms with Crippen LogP contribution in [0.25, 0.3) is 66.9 Å². The van der Waals surface area contributed by atoms with Gasteiger partial charge in [0.15, 0.2) is 0 Å². The fourth-order valence-corrected chi connectivity index (χ4v) is 6.48. The molecule has 0 bridgehead atoms. The van der Waals surface area contributed by atoms with Crippen molar-refractivity contribution in [3.63, 3.8) is 0 Å². The van der Waals surface area contributed by atoms with Gasteiger partial charge in [-0.15, -0.1) is 0 Å². The third-order valence-electron chi connectivity index (χ3n) is 8.77. The average Bonchev–Trinajstić information content (AvgIpc) is 3.30. The highest BCUT2D eigenvalue weighted by atomic mass is 14.8. The van der Waals surface area contributed by atoms with Crippen LogP contribution in [0.4, 0.5) is 0 Å². The van der Waals surface area contributed by atoms with E-state index in [9.17, 15) is 0 Å². The molecule has 3 aromatic heterocycles. The summed E-state index contributed by atoms with van der Waals surface area (Å²) in [4.78, 5) is 14.1. The van der Waals surface area contributed by atoms with Gasteiger partial charge in [-0.2, -0.15) is 0 Å². The number of nitrogens with zero attached hydrogens (tertiary/aromatic N) is 3. The van der Waals surface area contributed by atoms with E-state index in [-0.39, 0.29) is 5.41 Å². The monoisotopic (exact) mass is 551 g/mol. The van der Waals surface area contributed by atoms with Crippen LogP contribution in [0.3, 0.4) is 0 Å². The highest BCUT2D eigenvalue weighted by molar-refractivity contribution is 5.92. The first-order valence-corrected chi connectivity index (χ1v) is 14.7. The fraction of sp³-hybridized carbons (Fsp3) is 0.0750. The van der Waals surface area contributed by atoms with Gasteiger partial charge >= 0.3 is 0 Å². The zero-order chi connectivity index (χ0) is 29.0. The largest absolute Gasteiger partial charge is 0.255 e. The van der Waals surface area contributed by atoms with Crippen molar-refractivity contribution in [3.8, 4) is 56.2 Å². The summed E-state index contributed by atoms with van der Waals surface area (Å²) >= 11 is 0. The summed E-state index contributed by atoms with van der Waals surface area (Å²) in [6.45, 7) is 4.67. The molecule has 0 fully saturated rings. The standard InChI is InChI=1S/C40H29N3/c1-40(2)34-10-4-3-9-32(34)33-18-17-30(23-35(33)40)28-14-13-27-22-29(16-15-26(27)21-28)31-24-38(36-11-5-7-19-41-36)43-39(25-31)37-12-6-8-20-42-37/h3-25H,1-2H3. The highest BCUT2D eigenvalue weighted by Gasteiger charge is 2.35.